The van der Waals surface area contributed by atoms with Crippen molar-refractivity contribution < 1.29 is 14.3 Å². The quantitative estimate of drug-likeness (QED) is 0.877. The molecule has 0 aromatic heterocycles. The first kappa shape index (κ1) is 13.6. The second kappa shape index (κ2) is 5.56. The average Bonchev–Trinajstić information content (AvgIpc) is 3.32. The van der Waals surface area contributed by atoms with Gasteiger partial charge in [0.2, 0.25) is 0 Å². The molecule has 2 aromatic carbocycles. The summed E-state index contributed by atoms with van der Waals surface area (Å²) in [5.41, 5.74) is 0.729. The molecule has 108 valence electrons. The maximum atomic E-state index is 12.1. The molecule has 1 amide bonds. The number of carbonyl (C=O) groups excluding carboxylic acids is 2. The van der Waals surface area contributed by atoms with Crippen molar-refractivity contribution >= 4 is 28.3 Å². The molecule has 1 saturated carbocycles. The van der Waals surface area contributed by atoms with E-state index in [1.165, 1.54) is 0 Å². The molecule has 2 aromatic rings. The van der Waals surface area contributed by atoms with Gasteiger partial charge in [0, 0.05) is 11.1 Å². The van der Waals surface area contributed by atoms with E-state index in [1.807, 2.05) is 42.5 Å². The zero-order valence-electron chi connectivity index (χ0n) is 11.8. The number of carbonyl (C=O) groups is 2. The highest BCUT2D eigenvalue weighted by molar-refractivity contribution is 6.03. The highest BCUT2D eigenvalue weighted by Gasteiger charge is 2.33. The third-order valence-corrected chi connectivity index (χ3v) is 3.62. The SMILES string of the molecule is C[C@@H](OC(=O)C1CC1)C(=O)Nc1cccc2ccccc12. The van der Waals surface area contributed by atoms with E-state index < -0.39 is 6.10 Å². The molecule has 0 radical (unpaired) electrons. The molecule has 3 rings (SSSR count). The zero-order valence-corrected chi connectivity index (χ0v) is 11.8. The van der Waals surface area contributed by atoms with E-state index in [4.69, 9.17) is 4.74 Å². The summed E-state index contributed by atoms with van der Waals surface area (Å²) in [6.45, 7) is 1.60. The fraction of sp³-hybridized carbons (Fsp3) is 0.294. The van der Waals surface area contributed by atoms with Crippen LogP contribution in [0.15, 0.2) is 42.5 Å². The third kappa shape index (κ3) is 3.05. The van der Waals surface area contributed by atoms with Gasteiger partial charge in [-0.15, -0.1) is 0 Å². The lowest BCUT2D eigenvalue weighted by Crippen LogP contribution is -2.30. The summed E-state index contributed by atoms with van der Waals surface area (Å²) in [5.74, 6) is -0.575. The lowest BCUT2D eigenvalue weighted by molar-refractivity contribution is -0.154. The Morgan fingerprint density at radius 3 is 2.62 bits per heavy atom. The van der Waals surface area contributed by atoms with Crippen LogP contribution < -0.4 is 5.32 Å². The van der Waals surface area contributed by atoms with E-state index in [1.54, 1.807) is 6.92 Å². The molecule has 0 aliphatic heterocycles. The van der Waals surface area contributed by atoms with Crippen LogP contribution in [-0.2, 0) is 14.3 Å². The molecule has 0 bridgehead atoms. The first-order valence-electron chi connectivity index (χ1n) is 7.14. The van der Waals surface area contributed by atoms with Crippen molar-refractivity contribution in [2.75, 3.05) is 5.32 Å². The molecule has 0 unspecified atom stereocenters. The topological polar surface area (TPSA) is 55.4 Å². The van der Waals surface area contributed by atoms with E-state index in [0.29, 0.717) is 0 Å². The van der Waals surface area contributed by atoms with Crippen molar-refractivity contribution in [3.8, 4) is 0 Å². The Morgan fingerprint density at radius 1 is 1.14 bits per heavy atom. The molecular formula is C17H17NO3. The molecule has 0 heterocycles. The second-order valence-electron chi connectivity index (χ2n) is 5.37. The number of benzene rings is 2. The first-order chi connectivity index (χ1) is 10.1. The van der Waals surface area contributed by atoms with Gasteiger partial charge in [-0.05, 0) is 31.2 Å². The largest absolute Gasteiger partial charge is 0.452 e. The van der Waals surface area contributed by atoms with Crippen LogP contribution in [0.25, 0.3) is 10.8 Å². The number of anilines is 1. The van der Waals surface area contributed by atoms with Crippen LogP contribution in [0, 0.1) is 5.92 Å². The molecule has 0 saturated heterocycles. The van der Waals surface area contributed by atoms with Crippen LogP contribution in [0.5, 0.6) is 0 Å². The van der Waals surface area contributed by atoms with Crippen molar-refractivity contribution in [2.24, 2.45) is 5.92 Å². The minimum atomic E-state index is -0.780. The monoisotopic (exact) mass is 283 g/mol. The number of rotatable bonds is 4. The maximum Gasteiger partial charge on any atom is 0.309 e. The number of fused-ring (bicyclic) bond motifs is 1. The number of esters is 1. The molecule has 4 nitrogen and oxygen atoms in total. The van der Waals surface area contributed by atoms with Crippen LogP contribution in [0.3, 0.4) is 0 Å². The molecule has 1 atom stereocenters. The van der Waals surface area contributed by atoms with Gasteiger partial charge in [0.15, 0.2) is 6.10 Å². The summed E-state index contributed by atoms with van der Waals surface area (Å²) in [7, 11) is 0. The van der Waals surface area contributed by atoms with E-state index in [2.05, 4.69) is 5.32 Å². The maximum absolute atomic E-state index is 12.1. The van der Waals surface area contributed by atoms with Gasteiger partial charge >= 0.3 is 5.97 Å². The highest BCUT2D eigenvalue weighted by atomic mass is 16.5. The van der Waals surface area contributed by atoms with Crippen molar-refractivity contribution in [3.63, 3.8) is 0 Å². The predicted octanol–water partition coefficient (Wildman–Crippen LogP) is 3.12. The van der Waals surface area contributed by atoms with Gasteiger partial charge in [-0.3, -0.25) is 9.59 Å². The molecule has 21 heavy (non-hydrogen) atoms. The minimum Gasteiger partial charge on any atom is -0.452 e. The summed E-state index contributed by atoms with van der Waals surface area (Å²) in [6, 6.07) is 13.5. The number of hydrogen-bond donors (Lipinski definition) is 1. The normalized spacial score (nSPS) is 15.5. The number of amides is 1. The highest BCUT2D eigenvalue weighted by Crippen LogP contribution is 2.30. The lowest BCUT2D eigenvalue weighted by Gasteiger charge is -2.14. The average molecular weight is 283 g/mol. The number of ether oxygens (including phenoxy) is 1. The Hall–Kier alpha value is -2.36. The van der Waals surface area contributed by atoms with E-state index in [-0.39, 0.29) is 17.8 Å². The summed E-state index contributed by atoms with van der Waals surface area (Å²) >= 11 is 0. The molecule has 1 aliphatic carbocycles. The van der Waals surface area contributed by atoms with Crippen LogP contribution >= 0.6 is 0 Å². The van der Waals surface area contributed by atoms with Crippen molar-refractivity contribution in [1.29, 1.82) is 0 Å². The number of nitrogens with one attached hydrogen (secondary N) is 1. The molecule has 4 heteroatoms. The van der Waals surface area contributed by atoms with Gasteiger partial charge < -0.3 is 10.1 Å². The van der Waals surface area contributed by atoms with Crippen LogP contribution in [0.1, 0.15) is 19.8 Å². The first-order valence-corrected chi connectivity index (χ1v) is 7.14. The van der Waals surface area contributed by atoms with Crippen LogP contribution in [-0.4, -0.2) is 18.0 Å². The molecule has 0 spiro atoms. The van der Waals surface area contributed by atoms with E-state index in [9.17, 15) is 9.59 Å². The number of hydrogen-bond acceptors (Lipinski definition) is 3. The Balaban J connectivity index is 1.72. The smallest absolute Gasteiger partial charge is 0.309 e. The summed E-state index contributed by atoms with van der Waals surface area (Å²) in [4.78, 5) is 23.7. The van der Waals surface area contributed by atoms with Gasteiger partial charge in [0.1, 0.15) is 0 Å². The van der Waals surface area contributed by atoms with Crippen LogP contribution in [0.2, 0.25) is 0 Å². The van der Waals surface area contributed by atoms with Crippen molar-refractivity contribution in [1.82, 2.24) is 0 Å². The fourth-order valence-corrected chi connectivity index (χ4v) is 2.21. The van der Waals surface area contributed by atoms with Crippen molar-refractivity contribution in [3.05, 3.63) is 42.5 Å². The van der Waals surface area contributed by atoms with Crippen molar-refractivity contribution in [2.45, 2.75) is 25.9 Å². The summed E-state index contributed by atoms with van der Waals surface area (Å²) in [6.07, 6.45) is 0.963. The molecule has 1 fully saturated rings. The van der Waals surface area contributed by atoms with Gasteiger partial charge in [0.25, 0.3) is 5.91 Å². The van der Waals surface area contributed by atoms with Gasteiger partial charge in [-0.2, -0.15) is 0 Å². The minimum absolute atomic E-state index is 0.00203. The fourth-order valence-electron chi connectivity index (χ4n) is 2.21. The summed E-state index contributed by atoms with van der Waals surface area (Å²) < 4.78 is 5.17. The van der Waals surface area contributed by atoms with Gasteiger partial charge in [-0.25, -0.2) is 0 Å². The van der Waals surface area contributed by atoms with E-state index >= 15 is 0 Å². The molecule has 1 N–H and O–H groups in total. The van der Waals surface area contributed by atoms with Gasteiger partial charge in [0.05, 0.1) is 5.92 Å². The molecular weight excluding hydrogens is 266 g/mol. The molecule has 1 aliphatic rings. The lowest BCUT2D eigenvalue weighted by atomic mass is 10.1. The Bertz CT molecular complexity index is 686. The standard InChI is InChI=1S/C17H17NO3/c1-11(21-17(20)13-9-10-13)16(19)18-15-8-4-6-12-5-2-3-7-14(12)15/h2-8,11,13H,9-10H2,1H3,(H,18,19)/t11-/m1/s1. The second-order valence-corrected chi connectivity index (χ2v) is 5.37. The van der Waals surface area contributed by atoms with Gasteiger partial charge in [-0.1, -0.05) is 36.4 Å². The zero-order chi connectivity index (χ0) is 14.8. The Labute approximate surface area is 123 Å². The predicted molar refractivity (Wildman–Crippen MR) is 80.9 cm³/mol. The third-order valence-electron chi connectivity index (χ3n) is 3.62. The van der Waals surface area contributed by atoms with Crippen LogP contribution in [0.4, 0.5) is 5.69 Å². The van der Waals surface area contributed by atoms with E-state index in [0.717, 1.165) is 29.3 Å². The Morgan fingerprint density at radius 2 is 1.86 bits per heavy atom. The Kier molecular flexibility index (Phi) is 3.60. The summed E-state index contributed by atoms with van der Waals surface area (Å²) in [5, 5.41) is 4.85.